The van der Waals surface area contributed by atoms with E-state index in [0.29, 0.717) is 5.92 Å². The molecule has 0 atom stereocenters. The fourth-order valence-electron chi connectivity index (χ4n) is 3.14. The first kappa shape index (κ1) is 14.5. The highest BCUT2D eigenvalue weighted by molar-refractivity contribution is 9.10. The van der Waals surface area contributed by atoms with Gasteiger partial charge in [0.05, 0.1) is 0 Å². The first-order chi connectivity index (χ1) is 10.3. The maximum absolute atomic E-state index is 12.5. The zero-order chi connectivity index (χ0) is 14.7. The van der Waals surface area contributed by atoms with Crippen molar-refractivity contribution in [1.29, 1.82) is 0 Å². The monoisotopic (exact) mass is 342 g/mol. The molecule has 2 aromatic carbocycles. The predicted molar refractivity (Wildman–Crippen MR) is 89.8 cm³/mol. The summed E-state index contributed by atoms with van der Waals surface area (Å²) in [6.07, 6.45) is 6.62. The van der Waals surface area contributed by atoms with E-state index < -0.39 is 0 Å². The van der Waals surface area contributed by atoms with Crippen LogP contribution in [0, 0.1) is 0 Å². The molecule has 0 aliphatic heterocycles. The van der Waals surface area contributed by atoms with E-state index in [2.05, 4.69) is 28.1 Å². The second-order valence-electron chi connectivity index (χ2n) is 5.77. The molecule has 1 fully saturated rings. The van der Waals surface area contributed by atoms with Crippen LogP contribution in [-0.4, -0.2) is 5.78 Å². The molecular weight excluding hydrogens is 324 g/mol. The maximum atomic E-state index is 12.5. The molecule has 2 heteroatoms. The van der Waals surface area contributed by atoms with Gasteiger partial charge in [0, 0.05) is 15.6 Å². The van der Waals surface area contributed by atoms with Crippen molar-refractivity contribution in [2.45, 2.75) is 38.0 Å². The van der Waals surface area contributed by atoms with Crippen LogP contribution in [0.1, 0.15) is 59.5 Å². The highest BCUT2D eigenvalue weighted by atomic mass is 79.9. The van der Waals surface area contributed by atoms with Crippen LogP contribution in [-0.2, 0) is 0 Å². The number of carbonyl (C=O) groups is 1. The van der Waals surface area contributed by atoms with Gasteiger partial charge in [-0.25, -0.2) is 0 Å². The van der Waals surface area contributed by atoms with E-state index in [0.717, 1.165) is 15.6 Å². The van der Waals surface area contributed by atoms with Crippen molar-refractivity contribution in [3.63, 3.8) is 0 Å². The largest absolute Gasteiger partial charge is 0.289 e. The Balaban J connectivity index is 1.80. The fraction of sp³-hybridized carbons (Fsp3) is 0.316. The smallest absolute Gasteiger partial charge is 0.194 e. The van der Waals surface area contributed by atoms with E-state index in [9.17, 15) is 4.79 Å². The number of rotatable bonds is 3. The number of halogens is 1. The standard InChI is InChI=1S/C19H19BrO/c20-18-9-5-4-8-17(18)19(21)16-12-10-15(11-13-16)14-6-2-1-3-7-14/h4-5,8-14H,1-3,6-7H2. The SMILES string of the molecule is O=C(c1ccc(C2CCCCC2)cc1)c1ccccc1Br. The Hall–Kier alpha value is -1.41. The van der Waals surface area contributed by atoms with Crippen molar-refractivity contribution < 1.29 is 4.79 Å². The van der Waals surface area contributed by atoms with Crippen LogP contribution < -0.4 is 0 Å². The molecule has 0 radical (unpaired) electrons. The third-order valence-electron chi connectivity index (χ3n) is 4.37. The molecule has 1 saturated carbocycles. The molecule has 1 nitrogen and oxygen atoms in total. The lowest BCUT2D eigenvalue weighted by molar-refractivity contribution is 0.103. The van der Waals surface area contributed by atoms with Crippen molar-refractivity contribution in [1.82, 2.24) is 0 Å². The van der Waals surface area contributed by atoms with Gasteiger partial charge in [0.1, 0.15) is 0 Å². The molecule has 3 rings (SSSR count). The van der Waals surface area contributed by atoms with Crippen LogP contribution in [0.2, 0.25) is 0 Å². The molecule has 0 amide bonds. The Morgan fingerprint density at radius 2 is 1.57 bits per heavy atom. The van der Waals surface area contributed by atoms with Crippen molar-refractivity contribution in [3.05, 3.63) is 69.7 Å². The van der Waals surface area contributed by atoms with Crippen molar-refractivity contribution in [2.24, 2.45) is 0 Å². The molecule has 21 heavy (non-hydrogen) atoms. The Kier molecular flexibility index (Phi) is 4.54. The van der Waals surface area contributed by atoms with E-state index in [1.165, 1.54) is 37.7 Å². The topological polar surface area (TPSA) is 17.1 Å². The third-order valence-corrected chi connectivity index (χ3v) is 5.06. The van der Waals surface area contributed by atoms with Gasteiger partial charge in [0.2, 0.25) is 0 Å². The minimum atomic E-state index is 0.0812. The number of hydrogen-bond donors (Lipinski definition) is 0. The second kappa shape index (κ2) is 6.57. The van der Waals surface area contributed by atoms with Crippen LogP contribution in [0.15, 0.2) is 53.0 Å². The molecule has 0 N–H and O–H groups in total. The van der Waals surface area contributed by atoms with Crippen LogP contribution in [0.5, 0.6) is 0 Å². The van der Waals surface area contributed by atoms with E-state index in [4.69, 9.17) is 0 Å². The molecule has 0 heterocycles. The van der Waals surface area contributed by atoms with Gasteiger partial charge in [0.25, 0.3) is 0 Å². The van der Waals surface area contributed by atoms with Crippen LogP contribution >= 0.6 is 15.9 Å². The van der Waals surface area contributed by atoms with E-state index in [1.807, 2.05) is 36.4 Å². The lowest BCUT2D eigenvalue weighted by Gasteiger charge is -2.22. The maximum Gasteiger partial charge on any atom is 0.194 e. The average Bonchev–Trinajstić information content (AvgIpc) is 2.56. The molecule has 0 aromatic heterocycles. The number of hydrogen-bond acceptors (Lipinski definition) is 1. The van der Waals surface area contributed by atoms with E-state index >= 15 is 0 Å². The third kappa shape index (κ3) is 3.26. The summed E-state index contributed by atoms with van der Waals surface area (Å²) in [5, 5.41) is 0. The molecule has 1 aliphatic carbocycles. The molecule has 0 bridgehead atoms. The van der Waals surface area contributed by atoms with Gasteiger partial charge in [-0.15, -0.1) is 0 Å². The lowest BCUT2D eigenvalue weighted by atomic mass is 9.84. The van der Waals surface area contributed by atoms with Gasteiger partial charge in [-0.2, -0.15) is 0 Å². The molecule has 0 saturated heterocycles. The van der Waals surface area contributed by atoms with Gasteiger partial charge in [-0.1, -0.05) is 71.6 Å². The van der Waals surface area contributed by atoms with Gasteiger partial charge >= 0.3 is 0 Å². The Morgan fingerprint density at radius 3 is 2.24 bits per heavy atom. The summed E-state index contributed by atoms with van der Waals surface area (Å²) in [5.74, 6) is 0.768. The summed E-state index contributed by atoms with van der Waals surface area (Å²) in [6.45, 7) is 0. The number of benzene rings is 2. The van der Waals surface area contributed by atoms with E-state index in [1.54, 1.807) is 0 Å². The zero-order valence-corrected chi connectivity index (χ0v) is 13.6. The highest BCUT2D eigenvalue weighted by Gasteiger charge is 2.16. The number of ketones is 1. The Morgan fingerprint density at radius 1 is 0.905 bits per heavy atom. The highest BCUT2D eigenvalue weighted by Crippen LogP contribution is 2.32. The second-order valence-corrected chi connectivity index (χ2v) is 6.62. The fourth-order valence-corrected chi connectivity index (χ4v) is 3.61. The summed E-state index contributed by atoms with van der Waals surface area (Å²) in [7, 11) is 0. The van der Waals surface area contributed by atoms with Crippen molar-refractivity contribution in [3.8, 4) is 0 Å². The van der Waals surface area contributed by atoms with E-state index in [-0.39, 0.29) is 5.78 Å². The van der Waals surface area contributed by atoms with Gasteiger partial charge in [0.15, 0.2) is 5.78 Å². The molecule has 0 unspecified atom stereocenters. The van der Waals surface area contributed by atoms with Crippen molar-refractivity contribution in [2.75, 3.05) is 0 Å². The van der Waals surface area contributed by atoms with Crippen LogP contribution in [0.25, 0.3) is 0 Å². The molecule has 1 aliphatic rings. The predicted octanol–water partition coefficient (Wildman–Crippen LogP) is 5.73. The summed E-state index contributed by atoms with van der Waals surface area (Å²) < 4.78 is 0.853. The molecular formula is C19H19BrO. The molecule has 2 aromatic rings. The summed E-state index contributed by atoms with van der Waals surface area (Å²) in [4.78, 5) is 12.5. The van der Waals surface area contributed by atoms with Gasteiger partial charge in [-0.3, -0.25) is 4.79 Å². The Bertz CT molecular complexity index is 624. The summed E-state index contributed by atoms with van der Waals surface area (Å²) >= 11 is 3.45. The Labute approximate surface area is 134 Å². The minimum absolute atomic E-state index is 0.0812. The summed E-state index contributed by atoms with van der Waals surface area (Å²) in [5.41, 5.74) is 2.88. The summed E-state index contributed by atoms with van der Waals surface area (Å²) in [6, 6.07) is 15.8. The molecule has 108 valence electrons. The van der Waals surface area contributed by atoms with Gasteiger partial charge < -0.3 is 0 Å². The van der Waals surface area contributed by atoms with Crippen LogP contribution in [0.4, 0.5) is 0 Å². The normalized spacial score (nSPS) is 15.9. The zero-order valence-electron chi connectivity index (χ0n) is 12.0. The average molecular weight is 343 g/mol. The first-order valence-electron chi connectivity index (χ1n) is 7.65. The van der Waals surface area contributed by atoms with Gasteiger partial charge in [-0.05, 0) is 36.5 Å². The lowest BCUT2D eigenvalue weighted by Crippen LogP contribution is -2.06. The minimum Gasteiger partial charge on any atom is -0.289 e. The number of carbonyl (C=O) groups excluding carboxylic acids is 1. The molecule has 0 spiro atoms. The first-order valence-corrected chi connectivity index (χ1v) is 8.44. The van der Waals surface area contributed by atoms with Crippen LogP contribution in [0.3, 0.4) is 0 Å². The van der Waals surface area contributed by atoms with Crippen molar-refractivity contribution >= 4 is 21.7 Å². The quantitative estimate of drug-likeness (QED) is 0.651.